The zero-order valence-corrected chi connectivity index (χ0v) is 17.5. The molecule has 1 unspecified atom stereocenters. The summed E-state index contributed by atoms with van der Waals surface area (Å²) in [5, 5.41) is 31.3. The van der Waals surface area contributed by atoms with Crippen molar-refractivity contribution in [1.29, 1.82) is 10.8 Å². The molecule has 0 aliphatic carbocycles. The number of hydrogen-bond donors (Lipinski definition) is 4. The molecule has 0 spiro atoms. The van der Waals surface area contributed by atoms with Crippen molar-refractivity contribution >= 4 is 46.2 Å². The summed E-state index contributed by atoms with van der Waals surface area (Å²) in [6, 6.07) is 18.6. The van der Waals surface area contributed by atoms with Crippen LogP contribution in [0.5, 0.6) is 0 Å². The molecular weight excluding hydrogens is 395 g/mol. The highest BCUT2D eigenvalue weighted by Crippen LogP contribution is 2.29. The third kappa shape index (κ3) is 5.53. The van der Waals surface area contributed by atoms with Crippen molar-refractivity contribution in [3.8, 4) is 0 Å². The zero-order valence-electron chi connectivity index (χ0n) is 16.0. The van der Waals surface area contributed by atoms with Crippen LogP contribution in [0.25, 0.3) is 0 Å². The summed E-state index contributed by atoms with van der Waals surface area (Å²) in [5.74, 6) is 0.170. The molecule has 2 aromatic carbocycles. The van der Waals surface area contributed by atoms with E-state index in [1.54, 1.807) is 20.8 Å². The number of benzene rings is 2. The van der Waals surface area contributed by atoms with Crippen LogP contribution in [0.15, 0.2) is 70.9 Å². The number of para-hydroxylation sites is 2. The number of alkyl halides is 2. The van der Waals surface area contributed by atoms with Gasteiger partial charge in [-0.3, -0.25) is 10.8 Å². The Morgan fingerprint density at radius 3 is 1.64 bits per heavy atom. The lowest BCUT2D eigenvalue weighted by atomic mass is 10.0. The topological polar surface area (TPSA) is 96.5 Å². The minimum absolute atomic E-state index is 0.01000. The summed E-state index contributed by atoms with van der Waals surface area (Å²) in [4.78, 5) is -1.01. The molecule has 2 rings (SSSR count). The van der Waals surface area contributed by atoms with Crippen LogP contribution in [0.2, 0.25) is 0 Å². The number of azo groups is 1. The van der Waals surface area contributed by atoms with E-state index in [2.05, 4.69) is 20.9 Å². The summed E-state index contributed by atoms with van der Waals surface area (Å²) in [7, 11) is 0. The predicted molar refractivity (Wildman–Crippen MR) is 118 cm³/mol. The molecule has 0 aliphatic rings. The van der Waals surface area contributed by atoms with Gasteiger partial charge in [-0.05, 0) is 45.0 Å². The molecular formula is C20H24Cl2N6. The molecule has 6 nitrogen and oxygen atoms in total. The van der Waals surface area contributed by atoms with Crippen molar-refractivity contribution in [1.82, 2.24) is 0 Å². The van der Waals surface area contributed by atoms with Gasteiger partial charge in [0.15, 0.2) is 5.54 Å². The molecule has 0 amide bonds. The molecule has 0 fully saturated rings. The normalized spacial score (nSPS) is 13.9. The largest absolute Gasteiger partial charge is 0.342 e. The minimum atomic E-state index is -1.30. The maximum atomic E-state index is 8.40. The highest BCUT2D eigenvalue weighted by molar-refractivity contribution is 6.47. The van der Waals surface area contributed by atoms with Crippen LogP contribution < -0.4 is 10.6 Å². The molecule has 0 radical (unpaired) electrons. The number of anilines is 2. The average molecular weight is 419 g/mol. The van der Waals surface area contributed by atoms with E-state index in [-0.39, 0.29) is 11.7 Å². The summed E-state index contributed by atoms with van der Waals surface area (Å²) < 4.78 is 0. The maximum Gasteiger partial charge on any atom is 0.165 e. The molecule has 1 atom stereocenters. The number of nitrogens with zero attached hydrogens (tertiary/aromatic N) is 2. The number of nitrogens with one attached hydrogen (secondary N) is 4. The summed E-state index contributed by atoms with van der Waals surface area (Å²) >= 11 is 12.3. The first-order chi connectivity index (χ1) is 13.1. The molecule has 4 N–H and O–H groups in total. The van der Waals surface area contributed by atoms with Crippen LogP contribution in [0.1, 0.15) is 20.8 Å². The van der Waals surface area contributed by atoms with Crippen LogP contribution in [0, 0.1) is 10.8 Å². The predicted octanol–water partition coefficient (Wildman–Crippen LogP) is 5.96. The Bertz CT molecular complexity index is 836. The van der Waals surface area contributed by atoms with Crippen LogP contribution in [0.3, 0.4) is 0 Å². The van der Waals surface area contributed by atoms with Crippen molar-refractivity contribution in [2.75, 3.05) is 10.6 Å². The van der Waals surface area contributed by atoms with Gasteiger partial charge in [0.05, 0.1) is 0 Å². The number of rotatable bonds is 7. The first-order valence-corrected chi connectivity index (χ1v) is 9.57. The van der Waals surface area contributed by atoms with Gasteiger partial charge in [-0.25, -0.2) is 0 Å². The first-order valence-electron chi connectivity index (χ1n) is 8.69. The average Bonchev–Trinajstić information content (AvgIpc) is 2.67. The standard InChI is InChI=1S/C20H24Cl2N6/c1-19(2,17(23)25-14-10-6-4-7-11-14)27-28-20(3,16(21)22)18(24)26-15-12-8-5-9-13-15/h4-13,16H,1-3H3,(H2,23,25)(H2,24,26). The number of amidine groups is 2. The van der Waals surface area contributed by atoms with E-state index in [9.17, 15) is 0 Å². The van der Waals surface area contributed by atoms with E-state index in [0.717, 1.165) is 11.4 Å². The maximum absolute atomic E-state index is 8.40. The van der Waals surface area contributed by atoms with Gasteiger partial charge < -0.3 is 10.6 Å². The summed E-state index contributed by atoms with van der Waals surface area (Å²) in [6.45, 7) is 5.13. The van der Waals surface area contributed by atoms with Crippen molar-refractivity contribution in [2.45, 2.75) is 36.7 Å². The zero-order chi connectivity index (χ0) is 20.8. The molecule has 0 aromatic heterocycles. The highest BCUT2D eigenvalue weighted by atomic mass is 35.5. The minimum Gasteiger partial charge on any atom is -0.342 e. The van der Waals surface area contributed by atoms with Crippen molar-refractivity contribution in [3.05, 3.63) is 60.7 Å². The van der Waals surface area contributed by atoms with Crippen molar-refractivity contribution in [3.63, 3.8) is 0 Å². The monoisotopic (exact) mass is 418 g/mol. The second-order valence-electron chi connectivity index (χ2n) is 6.94. The van der Waals surface area contributed by atoms with Crippen LogP contribution in [0.4, 0.5) is 11.4 Å². The Kier molecular flexibility index (Phi) is 7.16. The summed E-state index contributed by atoms with van der Waals surface area (Å²) in [6.07, 6.45) is 0. The van der Waals surface area contributed by atoms with E-state index >= 15 is 0 Å². The Morgan fingerprint density at radius 1 is 0.786 bits per heavy atom. The van der Waals surface area contributed by atoms with Gasteiger partial charge in [-0.2, -0.15) is 10.2 Å². The fraction of sp³-hybridized carbons (Fsp3) is 0.300. The molecule has 0 saturated heterocycles. The Labute approximate surface area is 175 Å². The van der Waals surface area contributed by atoms with Crippen molar-refractivity contribution < 1.29 is 0 Å². The van der Waals surface area contributed by atoms with E-state index in [1.165, 1.54) is 0 Å². The lowest BCUT2D eigenvalue weighted by Crippen LogP contribution is -2.44. The van der Waals surface area contributed by atoms with Gasteiger partial charge in [-0.1, -0.05) is 36.4 Å². The fourth-order valence-corrected chi connectivity index (χ4v) is 2.40. The lowest BCUT2D eigenvalue weighted by molar-refractivity contribution is 0.552. The molecule has 28 heavy (non-hydrogen) atoms. The third-order valence-corrected chi connectivity index (χ3v) is 4.99. The molecule has 0 saturated carbocycles. The smallest absolute Gasteiger partial charge is 0.165 e. The van der Waals surface area contributed by atoms with Gasteiger partial charge in [0, 0.05) is 11.4 Å². The Hall–Kier alpha value is -2.44. The fourth-order valence-electron chi connectivity index (χ4n) is 2.09. The van der Waals surface area contributed by atoms with E-state index in [1.807, 2.05) is 60.7 Å². The van der Waals surface area contributed by atoms with Gasteiger partial charge in [0.1, 0.15) is 22.0 Å². The van der Waals surface area contributed by atoms with Crippen LogP contribution in [-0.4, -0.2) is 27.6 Å². The highest BCUT2D eigenvalue weighted by Gasteiger charge is 2.38. The van der Waals surface area contributed by atoms with Gasteiger partial charge in [-0.15, -0.1) is 23.2 Å². The Balaban J connectivity index is 2.17. The molecule has 8 heteroatoms. The third-order valence-electron chi connectivity index (χ3n) is 4.14. The molecule has 0 aliphatic heterocycles. The quantitative estimate of drug-likeness (QED) is 0.193. The van der Waals surface area contributed by atoms with E-state index < -0.39 is 15.9 Å². The van der Waals surface area contributed by atoms with Crippen LogP contribution >= 0.6 is 23.2 Å². The lowest BCUT2D eigenvalue weighted by Gasteiger charge is -2.29. The SMILES string of the molecule is CC(C)(N=NC(C)(C(=N)Nc1ccccc1)C(Cl)Cl)C(=N)Nc1ccccc1. The molecule has 0 heterocycles. The first kappa shape index (κ1) is 21.9. The second kappa shape index (κ2) is 9.17. The van der Waals surface area contributed by atoms with E-state index in [4.69, 9.17) is 34.0 Å². The van der Waals surface area contributed by atoms with E-state index in [0.29, 0.717) is 0 Å². The van der Waals surface area contributed by atoms with Gasteiger partial charge >= 0.3 is 0 Å². The summed E-state index contributed by atoms with van der Waals surface area (Å²) in [5.41, 5.74) is -0.763. The Morgan fingerprint density at radius 2 is 1.21 bits per heavy atom. The molecule has 148 valence electrons. The number of halogens is 2. The molecule has 0 bridgehead atoms. The molecule has 2 aromatic rings. The number of hydrogen-bond acceptors (Lipinski definition) is 4. The van der Waals surface area contributed by atoms with Crippen molar-refractivity contribution in [2.24, 2.45) is 10.2 Å². The van der Waals surface area contributed by atoms with Crippen LogP contribution in [-0.2, 0) is 0 Å². The van der Waals surface area contributed by atoms with Gasteiger partial charge in [0.2, 0.25) is 0 Å². The van der Waals surface area contributed by atoms with Gasteiger partial charge in [0.25, 0.3) is 0 Å². The second-order valence-corrected chi connectivity index (χ2v) is 8.04.